The fourth-order valence-electron chi connectivity index (χ4n) is 3.93. The van der Waals surface area contributed by atoms with Crippen LogP contribution in [0.2, 0.25) is 0 Å². The van der Waals surface area contributed by atoms with Crippen molar-refractivity contribution in [1.82, 2.24) is 9.47 Å². The molecular weight excluding hydrogens is 582 g/mol. The van der Waals surface area contributed by atoms with Crippen LogP contribution in [0.15, 0.2) is 41.2 Å². The number of anilines is 2. The van der Waals surface area contributed by atoms with Crippen LogP contribution in [-0.4, -0.2) is 33.4 Å². The van der Waals surface area contributed by atoms with Crippen LogP contribution in [0.1, 0.15) is 34.3 Å². The molecule has 1 heterocycles. The molecule has 36 heavy (non-hydrogen) atoms. The summed E-state index contributed by atoms with van der Waals surface area (Å²) < 4.78 is 22.8. The first kappa shape index (κ1) is 25.6. The molecule has 0 aliphatic heterocycles. The van der Waals surface area contributed by atoms with Crippen LogP contribution in [0.3, 0.4) is 0 Å². The molecule has 0 unspecified atom stereocenters. The molecule has 1 aliphatic rings. The zero-order chi connectivity index (χ0) is 26.3. The molecule has 0 spiro atoms. The van der Waals surface area contributed by atoms with Gasteiger partial charge in [0.25, 0.3) is 17.2 Å². The van der Waals surface area contributed by atoms with Gasteiger partial charge in [0.1, 0.15) is 22.9 Å². The number of amides is 1. The van der Waals surface area contributed by atoms with E-state index in [4.69, 9.17) is 4.74 Å². The molecule has 1 aromatic heterocycles. The quantitative estimate of drug-likeness (QED) is 0.219. The first-order chi connectivity index (χ1) is 17.0. The Balaban J connectivity index is 1.94. The van der Waals surface area contributed by atoms with Gasteiger partial charge in [-0.15, -0.1) is 0 Å². The molecule has 1 fully saturated rings. The number of halogens is 2. The smallest absolute Gasteiger partial charge is 0.276 e. The highest BCUT2D eigenvalue weighted by molar-refractivity contribution is 14.1. The van der Waals surface area contributed by atoms with Gasteiger partial charge < -0.3 is 15.0 Å². The highest BCUT2D eigenvalue weighted by atomic mass is 127. The highest BCUT2D eigenvalue weighted by Crippen LogP contribution is 2.39. The molecule has 1 saturated carbocycles. The number of carbonyl (C=O) groups excluding carboxylic acids is 1. The van der Waals surface area contributed by atoms with Gasteiger partial charge in [-0.2, -0.15) is 0 Å². The third kappa shape index (κ3) is 4.79. The number of nitrogens with one attached hydrogen (secondary N) is 1. The Morgan fingerprint density at radius 1 is 1.25 bits per heavy atom. The minimum Gasteiger partial charge on any atom is -0.455 e. The van der Waals surface area contributed by atoms with Crippen molar-refractivity contribution in [1.29, 1.82) is 0 Å². The maximum Gasteiger partial charge on any atom is 0.276 e. The van der Waals surface area contributed by atoms with Gasteiger partial charge in [0.2, 0.25) is 0 Å². The number of nitro groups is 1. The van der Waals surface area contributed by atoms with E-state index in [2.05, 4.69) is 5.32 Å². The first-order valence-corrected chi connectivity index (χ1v) is 12.2. The van der Waals surface area contributed by atoms with Crippen molar-refractivity contribution in [3.8, 4) is 11.5 Å². The molecular formula is C25H24FIN4O5. The van der Waals surface area contributed by atoms with Gasteiger partial charge in [0.05, 0.1) is 21.7 Å². The second kappa shape index (κ2) is 9.88. The predicted molar refractivity (Wildman–Crippen MR) is 142 cm³/mol. The van der Waals surface area contributed by atoms with Gasteiger partial charge in [-0.25, -0.2) is 4.39 Å². The summed E-state index contributed by atoms with van der Waals surface area (Å²) in [6, 6.07) is 8.94. The predicted octanol–water partition coefficient (Wildman–Crippen LogP) is 5.42. The molecule has 11 heteroatoms. The molecule has 188 valence electrons. The van der Waals surface area contributed by atoms with E-state index >= 15 is 0 Å². The van der Waals surface area contributed by atoms with Gasteiger partial charge in [-0.05, 0) is 73.5 Å². The highest BCUT2D eigenvalue weighted by Gasteiger charge is 2.35. The summed E-state index contributed by atoms with van der Waals surface area (Å²) in [5, 5.41) is 14.4. The summed E-state index contributed by atoms with van der Waals surface area (Å²) in [5.74, 6) is -0.812. The Kier molecular flexibility index (Phi) is 7.03. The lowest BCUT2D eigenvalue weighted by atomic mass is 10.1. The monoisotopic (exact) mass is 606 g/mol. The van der Waals surface area contributed by atoms with Crippen molar-refractivity contribution >= 4 is 45.7 Å². The van der Waals surface area contributed by atoms with Gasteiger partial charge in [-0.3, -0.25) is 24.3 Å². The molecule has 0 radical (unpaired) electrons. The largest absolute Gasteiger partial charge is 0.455 e. The Hall–Kier alpha value is -3.48. The number of hydrogen-bond donors (Lipinski definition) is 1. The van der Waals surface area contributed by atoms with Crippen molar-refractivity contribution in [3.63, 3.8) is 0 Å². The maximum atomic E-state index is 14.8. The molecule has 9 nitrogen and oxygen atoms in total. The number of pyridine rings is 1. The Labute approximate surface area is 220 Å². The van der Waals surface area contributed by atoms with Crippen LogP contribution in [-0.2, 0) is 7.05 Å². The number of ether oxygens (including phenoxy) is 1. The van der Waals surface area contributed by atoms with Gasteiger partial charge in [0, 0.05) is 29.8 Å². The number of nitrogens with zero attached hydrogens (tertiary/aromatic N) is 3. The number of rotatable bonds is 7. The molecule has 0 atom stereocenters. The minimum absolute atomic E-state index is 0.0346. The molecule has 1 amide bonds. The lowest BCUT2D eigenvalue weighted by molar-refractivity contribution is -0.385. The molecule has 2 aromatic carbocycles. The Morgan fingerprint density at radius 2 is 1.94 bits per heavy atom. The lowest BCUT2D eigenvalue weighted by Gasteiger charge is -2.24. The van der Waals surface area contributed by atoms with E-state index < -0.39 is 22.2 Å². The molecule has 0 bridgehead atoms. The van der Waals surface area contributed by atoms with Crippen LogP contribution >= 0.6 is 22.6 Å². The van der Waals surface area contributed by atoms with Crippen molar-refractivity contribution < 1.29 is 18.8 Å². The van der Waals surface area contributed by atoms with E-state index in [9.17, 15) is 24.1 Å². The van der Waals surface area contributed by atoms with Crippen molar-refractivity contribution in [2.24, 2.45) is 7.05 Å². The standard InChI is InChI=1S/C25H24FIN4O5/c1-13-19(31(34)35)6-5-7-20(13)36-22-14(2)24(32)30(4)23(21(22)25(33)29(3)16-9-10-16)28-18-11-8-15(27)12-17(18)26/h5-8,11-12,16,28H,9-10H2,1-4H3. The maximum absolute atomic E-state index is 14.8. The summed E-state index contributed by atoms with van der Waals surface area (Å²) in [6.45, 7) is 3.05. The van der Waals surface area contributed by atoms with E-state index in [-0.39, 0.29) is 51.4 Å². The number of benzene rings is 2. The first-order valence-electron chi connectivity index (χ1n) is 11.2. The lowest BCUT2D eigenvalue weighted by Crippen LogP contribution is -2.33. The van der Waals surface area contributed by atoms with E-state index in [0.29, 0.717) is 3.57 Å². The van der Waals surface area contributed by atoms with Crippen LogP contribution in [0.5, 0.6) is 11.5 Å². The van der Waals surface area contributed by atoms with Crippen LogP contribution in [0, 0.1) is 33.3 Å². The number of aromatic nitrogens is 1. The second-order valence-corrected chi connectivity index (χ2v) is 9.94. The Morgan fingerprint density at radius 3 is 2.56 bits per heavy atom. The zero-order valence-electron chi connectivity index (χ0n) is 20.1. The second-order valence-electron chi connectivity index (χ2n) is 8.70. The molecule has 1 aliphatic carbocycles. The average molecular weight is 606 g/mol. The Bertz CT molecular complexity index is 1450. The number of hydrogen-bond acceptors (Lipinski definition) is 6. The zero-order valence-corrected chi connectivity index (χ0v) is 22.3. The fourth-order valence-corrected chi connectivity index (χ4v) is 4.38. The molecule has 3 aromatic rings. The van der Waals surface area contributed by atoms with Crippen LogP contribution in [0.25, 0.3) is 0 Å². The topological polar surface area (TPSA) is 107 Å². The molecule has 4 rings (SSSR count). The van der Waals surface area contributed by atoms with Crippen molar-refractivity contribution in [2.75, 3.05) is 12.4 Å². The normalized spacial score (nSPS) is 12.8. The number of carbonyl (C=O) groups is 1. The van der Waals surface area contributed by atoms with E-state index in [1.54, 1.807) is 18.0 Å². The van der Waals surface area contributed by atoms with Crippen LogP contribution < -0.4 is 15.6 Å². The summed E-state index contributed by atoms with van der Waals surface area (Å²) >= 11 is 1.99. The van der Waals surface area contributed by atoms with E-state index in [1.165, 1.54) is 55.8 Å². The van der Waals surface area contributed by atoms with Crippen molar-refractivity contribution in [3.05, 3.63) is 82.9 Å². The van der Waals surface area contributed by atoms with Crippen molar-refractivity contribution in [2.45, 2.75) is 32.7 Å². The molecule has 0 saturated heterocycles. The summed E-state index contributed by atoms with van der Waals surface area (Å²) in [4.78, 5) is 39.4. The summed E-state index contributed by atoms with van der Waals surface area (Å²) in [6.07, 6.45) is 1.70. The minimum atomic E-state index is -0.555. The van der Waals surface area contributed by atoms with Gasteiger partial charge in [0.15, 0.2) is 5.75 Å². The van der Waals surface area contributed by atoms with Crippen LogP contribution in [0.4, 0.5) is 21.6 Å². The summed E-state index contributed by atoms with van der Waals surface area (Å²) in [5.41, 5.74) is -0.120. The molecule has 1 N–H and O–H groups in total. The van der Waals surface area contributed by atoms with Gasteiger partial charge >= 0.3 is 0 Å². The third-order valence-electron chi connectivity index (χ3n) is 6.24. The van der Waals surface area contributed by atoms with Gasteiger partial charge in [-0.1, -0.05) is 6.07 Å². The summed E-state index contributed by atoms with van der Waals surface area (Å²) in [7, 11) is 3.15. The average Bonchev–Trinajstić information content (AvgIpc) is 3.68. The fraction of sp³-hybridized carbons (Fsp3) is 0.280. The van der Waals surface area contributed by atoms with E-state index in [0.717, 1.165) is 12.8 Å². The van der Waals surface area contributed by atoms with E-state index in [1.807, 2.05) is 22.6 Å². The third-order valence-corrected chi connectivity index (χ3v) is 6.91. The number of nitro benzene ring substituents is 1. The SMILES string of the molecule is Cc1c(Oc2c(C(=O)N(C)C3CC3)c(Nc3ccc(I)cc3F)n(C)c(=O)c2C)cccc1[N+](=O)[O-].